The lowest BCUT2D eigenvalue weighted by Gasteiger charge is -2.18. The summed E-state index contributed by atoms with van der Waals surface area (Å²) in [5.74, 6) is -0.811. The summed E-state index contributed by atoms with van der Waals surface area (Å²) >= 11 is 1.13. The molecule has 17 heavy (non-hydrogen) atoms. The van der Waals surface area contributed by atoms with Gasteiger partial charge in [0, 0.05) is 0 Å². The zero-order valence-electron chi connectivity index (χ0n) is 10.2. The summed E-state index contributed by atoms with van der Waals surface area (Å²) in [4.78, 5) is 33.3. The van der Waals surface area contributed by atoms with Gasteiger partial charge in [-0.1, -0.05) is 13.8 Å². The number of ether oxygens (including phenoxy) is 1. The molecule has 3 amide bonds. The third kappa shape index (κ3) is 6.83. The minimum atomic E-state index is -0.891. The van der Waals surface area contributed by atoms with Gasteiger partial charge in [-0.2, -0.15) is 0 Å². The van der Waals surface area contributed by atoms with Crippen molar-refractivity contribution in [2.45, 2.75) is 26.0 Å². The van der Waals surface area contributed by atoms with E-state index in [0.717, 1.165) is 11.8 Å². The topological polar surface area (TPSA) is 98.5 Å². The number of imide groups is 1. The zero-order valence-corrected chi connectivity index (χ0v) is 11.0. The molecule has 0 aliphatic heterocycles. The molecule has 7 heteroatoms. The van der Waals surface area contributed by atoms with Gasteiger partial charge in [0.25, 0.3) is 0 Å². The van der Waals surface area contributed by atoms with E-state index in [9.17, 15) is 14.4 Å². The maximum absolute atomic E-state index is 11.6. The van der Waals surface area contributed by atoms with Gasteiger partial charge >= 0.3 is 12.0 Å². The van der Waals surface area contributed by atoms with Crippen molar-refractivity contribution in [3.8, 4) is 0 Å². The molecule has 0 aromatic carbocycles. The highest BCUT2D eigenvalue weighted by Crippen LogP contribution is 2.19. The molecule has 0 spiro atoms. The molecule has 98 valence electrons. The number of esters is 1. The first-order chi connectivity index (χ1) is 7.88. The van der Waals surface area contributed by atoms with E-state index in [0.29, 0.717) is 6.61 Å². The largest absolute Gasteiger partial charge is 0.465 e. The summed E-state index contributed by atoms with van der Waals surface area (Å²) in [7, 11) is 0. The van der Waals surface area contributed by atoms with Crippen molar-refractivity contribution in [1.29, 1.82) is 0 Å². The Morgan fingerprint density at radius 2 is 1.94 bits per heavy atom. The van der Waals surface area contributed by atoms with Crippen molar-refractivity contribution in [1.82, 2.24) is 5.32 Å². The normalized spacial score (nSPS) is 12.0. The van der Waals surface area contributed by atoms with Gasteiger partial charge in [0.2, 0.25) is 5.91 Å². The molecule has 0 saturated heterocycles. The third-order valence-corrected chi connectivity index (χ3v) is 3.32. The maximum atomic E-state index is 11.6. The Kier molecular flexibility index (Phi) is 7.36. The number of hydrogen-bond acceptors (Lipinski definition) is 5. The van der Waals surface area contributed by atoms with E-state index in [1.807, 2.05) is 19.2 Å². The monoisotopic (exact) mass is 262 g/mol. The first kappa shape index (κ1) is 15.8. The SMILES string of the molecule is CCOC(=O)CS[C@@H](C(=O)NC(N)=O)C(C)C. The molecule has 0 rings (SSSR count). The number of carbonyl (C=O) groups is 3. The Balaban J connectivity index is 4.29. The minimum absolute atomic E-state index is 0.0197. The van der Waals surface area contributed by atoms with Gasteiger partial charge in [-0.3, -0.25) is 14.9 Å². The maximum Gasteiger partial charge on any atom is 0.318 e. The lowest BCUT2D eigenvalue weighted by Crippen LogP contribution is -2.42. The first-order valence-electron chi connectivity index (χ1n) is 5.26. The molecule has 0 heterocycles. The van der Waals surface area contributed by atoms with Crippen LogP contribution in [0.25, 0.3) is 0 Å². The standard InChI is InChI=1S/C10H18N2O4S/c1-4-16-7(13)5-17-8(6(2)3)9(14)12-10(11)15/h6,8H,4-5H2,1-3H3,(H3,11,12,14,15)/t8-/m1/s1. The number of rotatable bonds is 6. The van der Waals surface area contributed by atoms with E-state index in [1.165, 1.54) is 0 Å². The van der Waals surface area contributed by atoms with E-state index < -0.39 is 17.2 Å². The van der Waals surface area contributed by atoms with Crippen LogP contribution in [0, 0.1) is 5.92 Å². The molecule has 0 aliphatic carbocycles. The summed E-state index contributed by atoms with van der Waals surface area (Å²) in [6.07, 6.45) is 0. The summed E-state index contributed by atoms with van der Waals surface area (Å²) in [5, 5.41) is 1.50. The summed E-state index contributed by atoms with van der Waals surface area (Å²) in [6, 6.07) is -0.891. The number of hydrogen-bond donors (Lipinski definition) is 2. The van der Waals surface area contributed by atoms with Crippen LogP contribution in [0.4, 0.5) is 4.79 Å². The van der Waals surface area contributed by atoms with Gasteiger partial charge in [-0.25, -0.2) is 4.79 Å². The van der Waals surface area contributed by atoms with Gasteiger partial charge in [-0.05, 0) is 12.8 Å². The van der Waals surface area contributed by atoms with Crippen LogP contribution in [0.1, 0.15) is 20.8 Å². The van der Waals surface area contributed by atoms with Crippen molar-refractivity contribution in [2.75, 3.05) is 12.4 Å². The molecule has 0 aromatic rings. The van der Waals surface area contributed by atoms with Crippen LogP contribution in [0.3, 0.4) is 0 Å². The number of nitrogens with one attached hydrogen (secondary N) is 1. The van der Waals surface area contributed by atoms with E-state index in [2.05, 4.69) is 0 Å². The molecule has 6 nitrogen and oxygen atoms in total. The van der Waals surface area contributed by atoms with Crippen molar-refractivity contribution >= 4 is 29.7 Å². The predicted molar refractivity (Wildman–Crippen MR) is 65.4 cm³/mol. The molecule has 0 radical (unpaired) electrons. The number of thioether (sulfide) groups is 1. The van der Waals surface area contributed by atoms with Gasteiger partial charge < -0.3 is 10.5 Å². The van der Waals surface area contributed by atoms with Crippen molar-refractivity contribution in [3.05, 3.63) is 0 Å². The average Bonchev–Trinajstić information content (AvgIpc) is 2.16. The second kappa shape index (κ2) is 7.94. The van der Waals surface area contributed by atoms with E-state index in [-0.39, 0.29) is 17.6 Å². The molecule has 1 atom stereocenters. The summed E-state index contributed by atoms with van der Waals surface area (Å²) in [6.45, 7) is 5.66. The Morgan fingerprint density at radius 3 is 2.35 bits per heavy atom. The average molecular weight is 262 g/mol. The fourth-order valence-electron chi connectivity index (χ4n) is 1.12. The molecule has 0 aliphatic rings. The van der Waals surface area contributed by atoms with Crippen LogP contribution in [0.5, 0.6) is 0 Å². The van der Waals surface area contributed by atoms with Gasteiger partial charge in [0.1, 0.15) is 0 Å². The number of carbonyl (C=O) groups excluding carboxylic acids is 3. The predicted octanol–water partition coefficient (Wildman–Crippen LogP) is 0.502. The van der Waals surface area contributed by atoms with E-state index >= 15 is 0 Å². The molecule has 0 saturated carbocycles. The molecular formula is C10H18N2O4S. The summed E-state index contributed by atoms with van der Waals surface area (Å²) in [5.41, 5.74) is 4.86. The Labute approximate surface area is 105 Å². The van der Waals surface area contributed by atoms with Gasteiger partial charge in [0.05, 0.1) is 17.6 Å². The minimum Gasteiger partial charge on any atom is -0.465 e. The first-order valence-corrected chi connectivity index (χ1v) is 6.30. The highest BCUT2D eigenvalue weighted by molar-refractivity contribution is 8.01. The zero-order chi connectivity index (χ0) is 13.4. The van der Waals surface area contributed by atoms with Crippen LogP contribution in [0.15, 0.2) is 0 Å². The van der Waals surface area contributed by atoms with Crippen LogP contribution in [0.2, 0.25) is 0 Å². The van der Waals surface area contributed by atoms with Crippen molar-refractivity contribution in [2.24, 2.45) is 11.7 Å². The fourth-order valence-corrected chi connectivity index (χ4v) is 2.12. The molecule has 0 aromatic heterocycles. The number of amides is 3. The second-order valence-corrected chi connectivity index (χ2v) is 4.76. The van der Waals surface area contributed by atoms with Crippen LogP contribution in [-0.4, -0.2) is 35.5 Å². The Bertz CT molecular complexity index is 294. The lowest BCUT2D eigenvalue weighted by atomic mass is 10.1. The fraction of sp³-hybridized carbons (Fsp3) is 0.700. The van der Waals surface area contributed by atoms with Gasteiger partial charge in [0.15, 0.2) is 0 Å². The molecule has 0 fully saturated rings. The van der Waals surface area contributed by atoms with E-state index in [4.69, 9.17) is 10.5 Å². The number of primary amides is 1. The summed E-state index contributed by atoms with van der Waals surface area (Å²) < 4.78 is 4.75. The number of urea groups is 1. The molecule has 3 N–H and O–H groups in total. The Hall–Kier alpha value is -1.24. The quantitative estimate of drug-likeness (QED) is 0.679. The highest BCUT2D eigenvalue weighted by Gasteiger charge is 2.24. The second-order valence-electron chi connectivity index (χ2n) is 3.63. The molecule has 0 unspecified atom stereocenters. The van der Waals surface area contributed by atoms with Crippen LogP contribution >= 0.6 is 11.8 Å². The van der Waals surface area contributed by atoms with Crippen LogP contribution in [-0.2, 0) is 14.3 Å². The molecule has 0 bridgehead atoms. The van der Waals surface area contributed by atoms with E-state index in [1.54, 1.807) is 6.92 Å². The van der Waals surface area contributed by atoms with Gasteiger partial charge in [-0.15, -0.1) is 11.8 Å². The van der Waals surface area contributed by atoms with Crippen molar-refractivity contribution < 1.29 is 19.1 Å². The number of nitrogens with two attached hydrogens (primary N) is 1. The smallest absolute Gasteiger partial charge is 0.318 e. The third-order valence-electron chi connectivity index (χ3n) is 1.80. The van der Waals surface area contributed by atoms with Crippen molar-refractivity contribution in [3.63, 3.8) is 0 Å². The lowest BCUT2D eigenvalue weighted by molar-refractivity contribution is -0.139. The molecular weight excluding hydrogens is 244 g/mol. The Morgan fingerprint density at radius 1 is 1.35 bits per heavy atom. The highest BCUT2D eigenvalue weighted by atomic mass is 32.2. The van der Waals surface area contributed by atoms with Crippen LogP contribution < -0.4 is 11.1 Å².